The van der Waals surface area contributed by atoms with Gasteiger partial charge in [-0.05, 0) is 62.9 Å². The van der Waals surface area contributed by atoms with Crippen LogP contribution < -0.4 is 5.32 Å². The fourth-order valence-corrected chi connectivity index (χ4v) is 6.21. The summed E-state index contributed by atoms with van der Waals surface area (Å²) in [7, 11) is 1.80. The second-order valence-corrected chi connectivity index (χ2v) is 10.6. The highest BCUT2D eigenvalue weighted by molar-refractivity contribution is 6.33. The van der Waals surface area contributed by atoms with Crippen LogP contribution in [0.4, 0.5) is 10.5 Å². The van der Waals surface area contributed by atoms with Crippen molar-refractivity contribution in [1.82, 2.24) is 34.8 Å². The number of fused-ring (bicyclic) bond motifs is 2. The normalized spacial score (nSPS) is 26.1. The van der Waals surface area contributed by atoms with E-state index in [0.29, 0.717) is 46.3 Å². The van der Waals surface area contributed by atoms with Gasteiger partial charge in [-0.25, -0.2) is 9.78 Å². The minimum absolute atomic E-state index is 0.150. The monoisotopic (exact) mass is 496 g/mol. The van der Waals surface area contributed by atoms with Crippen LogP contribution in [-0.2, 0) is 19.1 Å². The Kier molecular flexibility index (Phi) is 5.52. The van der Waals surface area contributed by atoms with Crippen molar-refractivity contribution < 1.29 is 9.21 Å². The van der Waals surface area contributed by atoms with Gasteiger partial charge in [-0.1, -0.05) is 18.5 Å². The number of rotatable bonds is 5. The molecule has 1 N–H and O–H groups in total. The number of aromatic nitrogens is 5. The molecule has 3 atom stereocenters. The van der Waals surface area contributed by atoms with Crippen LogP contribution in [0, 0.1) is 5.92 Å². The third kappa shape index (κ3) is 3.98. The molecule has 1 aliphatic carbocycles. The summed E-state index contributed by atoms with van der Waals surface area (Å²) < 4.78 is 7.79. The van der Waals surface area contributed by atoms with Gasteiger partial charge < -0.3 is 14.6 Å². The number of amides is 2. The summed E-state index contributed by atoms with van der Waals surface area (Å²) in [5.41, 5.74) is 0.747. The molecule has 10 nitrogen and oxygen atoms in total. The van der Waals surface area contributed by atoms with Crippen molar-refractivity contribution >= 4 is 23.3 Å². The van der Waals surface area contributed by atoms with Crippen LogP contribution in [0.25, 0.3) is 11.4 Å². The highest BCUT2D eigenvalue weighted by Gasteiger charge is 2.62. The fraction of sp³-hybridized carbons (Fsp3) is 0.542. The molecule has 0 spiro atoms. The molecule has 35 heavy (non-hydrogen) atoms. The number of urea groups is 1. The van der Waals surface area contributed by atoms with E-state index in [-0.39, 0.29) is 12.1 Å². The number of hydrogen-bond donors (Lipinski definition) is 1. The van der Waals surface area contributed by atoms with Gasteiger partial charge in [0.15, 0.2) is 5.82 Å². The van der Waals surface area contributed by atoms with Crippen LogP contribution in [-0.4, -0.2) is 59.9 Å². The van der Waals surface area contributed by atoms with E-state index in [9.17, 15) is 4.79 Å². The largest absolute Gasteiger partial charge is 0.421 e. The molecular formula is C24H29ClN8O2. The summed E-state index contributed by atoms with van der Waals surface area (Å²) in [6, 6.07) is 5.33. The average Bonchev–Trinajstić information content (AvgIpc) is 3.58. The van der Waals surface area contributed by atoms with E-state index in [1.54, 1.807) is 36.3 Å². The SMILES string of the molecule is C[C@H]1C[C@H]2C[C@@](c3nnc(CN4CCCC4)o3)(C1)N2C(=O)Nc1ccc(Cl)c(-c2ncn(C)n2)c1. The summed E-state index contributed by atoms with van der Waals surface area (Å²) >= 11 is 6.39. The first-order chi connectivity index (χ1) is 16.9. The van der Waals surface area contributed by atoms with Gasteiger partial charge >= 0.3 is 6.03 Å². The van der Waals surface area contributed by atoms with Crippen molar-refractivity contribution in [3.05, 3.63) is 41.3 Å². The van der Waals surface area contributed by atoms with Gasteiger partial charge in [0.2, 0.25) is 11.8 Å². The van der Waals surface area contributed by atoms with Gasteiger partial charge in [-0.3, -0.25) is 9.58 Å². The van der Waals surface area contributed by atoms with E-state index >= 15 is 0 Å². The minimum Gasteiger partial charge on any atom is -0.421 e. The Morgan fingerprint density at radius 1 is 1.26 bits per heavy atom. The molecule has 3 aliphatic heterocycles. The second kappa shape index (κ2) is 8.60. The predicted octanol–water partition coefficient (Wildman–Crippen LogP) is 4.05. The summed E-state index contributed by atoms with van der Waals surface area (Å²) in [5, 5.41) is 16.7. The number of nitrogens with one attached hydrogen (secondary N) is 1. The number of carbonyl (C=O) groups excluding carboxylic acids is 1. The molecule has 3 saturated heterocycles. The third-order valence-electron chi connectivity index (χ3n) is 7.46. The van der Waals surface area contributed by atoms with Crippen molar-refractivity contribution in [2.75, 3.05) is 18.4 Å². The van der Waals surface area contributed by atoms with E-state index in [1.807, 2.05) is 4.90 Å². The smallest absolute Gasteiger partial charge is 0.323 e. The molecule has 1 aromatic carbocycles. The maximum Gasteiger partial charge on any atom is 0.323 e. The standard InChI is InChI=1S/C24H29ClN8O2/c1-15-9-17-12-24(11-15,22-29-28-20(35-22)13-32-7-3-4-8-32)33(17)23(34)27-16-5-6-19(25)18(10-16)21-26-14-31(2)30-21/h5-6,10,14-15,17H,3-4,7-9,11-13H2,1-2H3,(H,27,34)/t15-,17-,24+/m0/s1. The number of piperidine rings is 1. The third-order valence-corrected chi connectivity index (χ3v) is 7.79. The molecule has 1 saturated carbocycles. The molecule has 4 aliphatic rings. The number of nitrogens with zero attached hydrogens (tertiary/aromatic N) is 7. The summed E-state index contributed by atoms with van der Waals surface area (Å²) in [6.45, 7) is 5.02. The number of carbonyl (C=O) groups is 1. The highest BCUT2D eigenvalue weighted by Crippen LogP contribution is 2.55. The lowest BCUT2D eigenvalue weighted by atomic mass is 9.64. The van der Waals surface area contributed by atoms with Gasteiger partial charge in [0.1, 0.15) is 11.9 Å². The summed E-state index contributed by atoms with van der Waals surface area (Å²) in [6.07, 6.45) is 6.66. The molecule has 184 valence electrons. The quantitative estimate of drug-likeness (QED) is 0.568. The van der Waals surface area contributed by atoms with Gasteiger partial charge in [-0.15, -0.1) is 10.2 Å². The number of aryl methyl sites for hydroxylation is 1. The Bertz CT molecular complexity index is 1250. The van der Waals surface area contributed by atoms with Gasteiger partial charge in [0.05, 0.1) is 11.6 Å². The number of likely N-dealkylation sites (tertiary alicyclic amines) is 1. The molecule has 5 heterocycles. The zero-order chi connectivity index (χ0) is 24.2. The Hall–Kier alpha value is -2.98. The van der Waals surface area contributed by atoms with E-state index < -0.39 is 5.54 Å². The van der Waals surface area contributed by atoms with Crippen molar-refractivity contribution in [1.29, 1.82) is 0 Å². The second-order valence-electron chi connectivity index (χ2n) is 10.2. The lowest BCUT2D eigenvalue weighted by molar-refractivity contribution is -0.110. The van der Waals surface area contributed by atoms with E-state index in [2.05, 4.69) is 37.4 Å². The zero-order valence-electron chi connectivity index (χ0n) is 19.9. The summed E-state index contributed by atoms with van der Waals surface area (Å²) in [4.78, 5) is 22.1. The molecule has 2 aromatic heterocycles. The number of benzene rings is 1. The molecule has 3 aromatic rings. The van der Waals surface area contributed by atoms with Crippen molar-refractivity contribution in [3.8, 4) is 11.4 Å². The van der Waals surface area contributed by atoms with Crippen LogP contribution in [0.5, 0.6) is 0 Å². The lowest BCUT2D eigenvalue weighted by Gasteiger charge is -2.61. The van der Waals surface area contributed by atoms with Crippen molar-refractivity contribution in [2.24, 2.45) is 13.0 Å². The molecule has 2 amide bonds. The first-order valence-electron chi connectivity index (χ1n) is 12.2. The van der Waals surface area contributed by atoms with Crippen molar-refractivity contribution in [3.63, 3.8) is 0 Å². The first kappa shape index (κ1) is 22.5. The number of hydrogen-bond acceptors (Lipinski definition) is 7. The van der Waals surface area contributed by atoms with Crippen LogP contribution in [0.3, 0.4) is 0 Å². The summed E-state index contributed by atoms with van der Waals surface area (Å²) in [5.74, 6) is 2.17. The number of anilines is 1. The van der Waals surface area contributed by atoms with Crippen molar-refractivity contribution in [2.45, 2.75) is 57.2 Å². The molecule has 4 fully saturated rings. The Balaban J connectivity index is 1.24. The lowest BCUT2D eigenvalue weighted by Crippen LogP contribution is -2.70. The average molecular weight is 497 g/mol. The molecule has 11 heteroatoms. The Morgan fingerprint density at radius 2 is 2.09 bits per heavy atom. The molecule has 2 bridgehead atoms. The topological polar surface area (TPSA) is 105 Å². The van der Waals surface area contributed by atoms with Gasteiger partial charge in [0, 0.05) is 30.8 Å². The van der Waals surface area contributed by atoms with E-state index in [4.69, 9.17) is 16.0 Å². The molecular weight excluding hydrogens is 468 g/mol. The maximum atomic E-state index is 13.6. The molecule has 0 radical (unpaired) electrons. The molecule has 7 rings (SSSR count). The van der Waals surface area contributed by atoms with Crippen LogP contribution >= 0.6 is 11.6 Å². The van der Waals surface area contributed by atoms with Crippen LogP contribution in [0.15, 0.2) is 28.9 Å². The predicted molar refractivity (Wildman–Crippen MR) is 130 cm³/mol. The van der Waals surface area contributed by atoms with E-state index in [1.165, 1.54) is 12.8 Å². The Morgan fingerprint density at radius 3 is 2.86 bits per heavy atom. The first-order valence-corrected chi connectivity index (χ1v) is 12.6. The highest BCUT2D eigenvalue weighted by atomic mass is 35.5. The zero-order valence-corrected chi connectivity index (χ0v) is 20.7. The van der Waals surface area contributed by atoms with Crippen LogP contribution in [0.1, 0.15) is 50.8 Å². The van der Waals surface area contributed by atoms with Gasteiger partial charge in [0.25, 0.3) is 0 Å². The molecule has 0 unspecified atom stereocenters. The van der Waals surface area contributed by atoms with Crippen LogP contribution in [0.2, 0.25) is 5.02 Å². The van der Waals surface area contributed by atoms with E-state index in [0.717, 1.165) is 32.4 Å². The van der Waals surface area contributed by atoms with Gasteiger partial charge in [-0.2, -0.15) is 5.10 Å². The number of halogens is 1. The Labute approximate surface area is 208 Å². The fourth-order valence-electron chi connectivity index (χ4n) is 6.01. The minimum atomic E-state index is -0.555. The maximum absolute atomic E-state index is 13.6.